The normalized spacial score (nSPS) is 11.6. The number of carbonyl (C=O) groups is 1. The fourth-order valence-corrected chi connectivity index (χ4v) is 1.55. The molecule has 0 aliphatic heterocycles. The zero-order chi connectivity index (χ0) is 12.0. The molecule has 0 aliphatic rings. The van der Waals surface area contributed by atoms with Gasteiger partial charge in [0.1, 0.15) is 0 Å². The van der Waals surface area contributed by atoms with Gasteiger partial charge in [-0.1, -0.05) is 23.7 Å². The van der Waals surface area contributed by atoms with Gasteiger partial charge in [-0.25, -0.2) is 0 Å². The maximum Gasteiger partial charge on any atom is 0.307 e. The first-order valence-electron chi connectivity index (χ1n) is 4.98. The second-order valence-electron chi connectivity index (χ2n) is 3.25. The van der Waals surface area contributed by atoms with Crippen molar-refractivity contribution < 1.29 is 9.53 Å². The number of halogens is 1. The second-order valence-corrected chi connectivity index (χ2v) is 3.68. The largest absolute Gasteiger partial charge is 0.466 e. The Balaban J connectivity index is 2.76. The molecule has 1 atom stereocenters. The standard InChI is InChI=1S/C12H12ClNO2/c1-2-16-12(15)7-10(8-14)9-4-3-5-11(13)6-9/h3-6,10H,2,7H2,1H3. The van der Waals surface area contributed by atoms with Crippen molar-refractivity contribution in [2.24, 2.45) is 0 Å². The quantitative estimate of drug-likeness (QED) is 0.757. The van der Waals surface area contributed by atoms with Gasteiger partial charge in [0.25, 0.3) is 0 Å². The number of nitriles is 1. The molecule has 0 fully saturated rings. The van der Waals surface area contributed by atoms with Crippen molar-refractivity contribution in [2.45, 2.75) is 19.3 Å². The molecule has 0 spiro atoms. The first kappa shape index (κ1) is 12.5. The zero-order valence-electron chi connectivity index (χ0n) is 8.94. The summed E-state index contributed by atoms with van der Waals surface area (Å²) in [5, 5.41) is 9.54. The van der Waals surface area contributed by atoms with Crippen LogP contribution in [0.15, 0.2) is 24.3 Å². The van der Waals surface area contributed by atoms with Crippen LogP contribution in [0.4, 0.5) is 0 Å². The van der Waals surface area contributed by atoms with Crippen molar-refractivity contribution in [3.8, 4) is 6.07 Å². The van der Waals surface area contributed by atoms with E-state index in [4.69, 9.17) is 21.6 Å². The maximum absolute atomic E-state index is 11.3. The molecule has 1 unspecified atom stereocenters. The van der Waals surface area contributed by atoms with Crippen molar-refractivity contribution in [1.82, 2.24) is 0 Å². The minimum atomic E-state index is -0.502. The molecule has 0 aromatic heterocycles. The summed E-state index contributed by atoms with van der Waals surface area (Å²) in [5.41, 5.74) is 0.739. The van der Waals surface area contributed by atoms with E-state index >= 15 is 0 Å². The molecular formula is C12H12ClNO2. The number of ether oxygens (including phenoxy) is 1. The first-order chi connectivity index (χ1) is 7.67. The second kappa shape index (κ2) is 6.14. The van der Waals surface area contributed by atoms with Crippen LogP contribution in [0.3, 0.4) is 0 Å². The molecular weight excluding hydrogens is 226 g/mol. The summed E-state index contributed by atoms with van der Waals surface area (Å²) in [6, 6.07) is 9.02. The molecule has 0 bridgehead atoms. The topological polar surface area (TPSA) is 50.1 Å². The minimum absolute atomic E-state index is 0.0602. The van der Waals surface area contributed by atoms with Crippen LogP contribution in [0.2, 0.25) is 5.02 Å². The van der Waals surface area contributed by atoms with Crippen LogP contribution in [0.25, 0.3) is 0 Å². The van der Waals surface area contributed by atoms with Crippen LogP contribution in [0.5, 0.6) is 0 Å². The Morgan fingerprint density at radius 2 is 2.38 bits per heavy atom. The Labute approximate surface area is 99.6 Å². The minimum Gasteiger partial charge on any atom is -0.466 e. The Morgan fingerprint density at radius 3 is 2.94 bits per heavy atom. The van der Waals surface area contributed by atoms with E-state index in [9.17, 15) is 4.79 Å². The van der Waals surface area contributed by atoms with Gasteiger partial charge < -0.3 is 4.74 Å². The Morgan fingerprint density at radius 1 is 1.62 bits per heavy atom. The predicted octanol–water partition coefficient (Wildman–Crippen LogP) is 2.90. The van der Waals surface area contributed by atoms with Gasteiger partial charge in [0.15, 0.2) is 0 Å². The van der Waals surface area contributed by atoms with Crippen molar-refractivity contribution in [3.63, 3.8) is 0 Å². The zero-order valence-corrected chi connectivity index (χ0v) is 9.70. The summed E-state index contributed by atoms with van der Waals surface area (Å²) in [4.78, 5) is 11.3. The third-order valence-corrected chi connectivity index (χ3v) is 2.32. The van der Waals surface area contributed by atoms with E-state index in [-0.39, 0.29) is 12.4 Å². The van der Waals surface area contributed by atoms with Crippen molar-refractivity contribution in [1.29, 1.82) is 5.26 Å². The number of carbonyl (C=O) groups excluding carboxylic acids is 1. The summed E-state index contributed by atoms with van der Waals surface area (Å²) in [6.45, 7) is 2.06. The van der Waals surface area contributed by atoms with Crippen LogP contribution < -0.4 is 0 Å². The van der Waals surface area contributed by atoms with Gasteiger partial charge in [0, 0.05) is 5.02 Å². The molecule has 1 aromatic rings. The fraction of sp³-hybridized carbons (Fsp3) is 0.333. The number of rotatable bonds is 4. The van der Waals surface area contributed by atoms with E-state index in [0.29, 0.717) is 11.6 Å². The summed E-state index contributed by atoms with van der Waals surface area (Å²) in [7, 11) is 0. The van der Waals surface area contributed by atoms with Crippen LogP contribution in [0, 0.1) is 11.3 Å². The highest BCUT2D eigenvalue weighted by Gasteiger charge is 2.16. The Hall–Kier alpha value is -1.53. The molecule has 1 rings (SSSR count). The maximum atomic E-state index is 11.3. The average Bonchev–Trinajstić information content (AvgIpc) is 2.26. The van der Waals surface area contributed by atoms with Gasteiger partial charge in [0.05, 0.1) is 25.0 Å². The molecule has 3 nitrogen and oxygen atoms in total. The van der Waals surface area contributed by atoms with Crippen molar-refractivity contribution >= 4 is 17.6 Å². The molecule has 0 heterocycles. The number of esters is 1. The molecule has 1 aromatic carbocycles. The number of hydrogen-bond acceptors (Lipinski definition) is 3. The molecule has 84 valence electrons. The van der Waals surface area contributed by atoms with Gasteiger partial charge in [0.2, 0.25) is 0 Å². The van der Waals surface area contributed by atoms with Crippen molar-refractivity contribution in [3.05, 3.63) is 34.9 Å². The summed E-state index contributed by atoms with van der Waals surface area (Å²) < 4.78 is 4.80. The van der Waals surface area contributed by atoms with Crippen LogP contribution in [-0.4, -0.2) is 12.6 Å². The first-order valence-corrected chi connectivity index (χ1v) is 5.36. The van der Waals surface area contributed by atoms with E-state index in [1.54, 1.807) is 31.2 Å². The molecule has 0 N–H and O–H groups in total. The van der Waals surface area contributed by atoms with Gasteiger partial charge in [-0.15, -0.1) is 0 Å². The molecule has 0 amide bonds. The summed E-state index contributed by atoms with van der Waals surface area (Å²) in [5.74, 6) is -0.869. The highest BCUT2D eigenvalue weighted by atomic mass is 35.5. The highest BCUT2D eigenvalue weighted by Crippen LogP contribution is 2.22. The summed E-state index contributed by atoms with van der Waals surface area (Å²) >= 11 is 5.82. The van der Waals surface area contributed by atoms with Crippen molar-refractivity contribution in [2.75, 3.05) is 6.61 Å². The lowest BCUT2D eigenvalue weighted by Crippen LogP contribution is -2.09. The molecule has 0 saturated heterocycles. The monoisotopic (exact) mass is 237 g/mol. The highest BCUT2D eigenvalue weighted by molar-refractivity contribution is 6.30. The van der Waals surface area contributed by atoms with Gasteiger partial charge >= 0.3 is 5.97 Å². The molecule has 16 heavy (non-hydrogen) atoms. The third kappa shape index (κ3) is 3.56. The molecule has 0 aliphatic carbocycles. The predicted molar refractivity (Wildman–Crippen MR) is 61.1 cm³/mol. The van der Waals surface area contributed by atoms with E-state index in [2.05, 4.69) is 6.07 Å². The van der Waals surface area contributed by atoms with E-state index in [1.807, 2.05) is 0 Å². The van der Waals surface area contributed by atoms with E-state index in [1.165, 1.54) is 0 Å². The number of nitrogens with zero attached hydrogens (tertiary/aromatic N) is 1. The Bertz CT molecular complexity index is 412. The lowest BCUT2D eigenvalue weighted by molar-refractivity contribution is -0.143. The number of hydrogen-bond donors (Lipinski definition) is 0. The van der Waals surface area contributed by atoms with Gasteiger partial charge in [-0.2, -0.15) is 5.26 Å². The molecule has 0 radical (unpaired) electrons. The number of benzene rings is 1. The SMILES string of the molecule is CCOC(=O)CC(C#N)c1cccc(Cl)c1. The third-order valence-electron chi connectivity index (χ3n) is 2.08. The Kier molecular flexibility index (Phi) is 4.81. The van der Waals surface area contributed by atoms with Crippen LogP contribution >= 0.6 is 11.6 Å². The lowest BCUT2D eigenvalue weighted by atomic mass is 9.97. The lowest BCUT2D eigenvalue weighted by Gasteiger charge is -2.08. The molecule has 0 saturated carbocycles. The fourth-order valence-electron chi connectivity index (χ4n) is 1.35. The smallest absolute Gasteiger partial charge is 0.307 e. The van der Waals surface area contributed by atoms with E-state index < -0.39 is 5.92 Å². The van der Waals surface area contributed by atoms with Crippen LogP contribution in [-0.2, 0) is 9.53 Å². The van der Waals surface area contributed by atoms with Gasteiger partial charge in [-0.3, -0.25) is 4.79 Å². The summed E-state index contributed by atoms with van der Waals surface area (Å²) in [6.07, 6.45) is 0.0602. The van der Waals surface area contributed by atoms with Gasteiger partial charge in [-0.05, 0) is 24.6 Å². The molecule has 4 heteroatoms. The average molecular weight is 238 g/mol. The van der Waals surface area contributed by atoms with Crippen LogP contribution in [0.1, 0.15) is 24.8 Å². The van der Waals surface area contributed by atoms with E-state index in [0.717, 1.165) is 5.56 Å².